The summed E-state index contributed by atoms with van der Waals surface area (Å²) in [6.07, 6.45) is 5.54. The molecular formula is C20H14. The van der Waals surface area contributed by atoms with Crippen LogP contribution < -0.4 is 0 Å². The highest BCUT2D eigenvalue weighted by atomic mass is 14.1. The number of benzene rings is 3. The van der Waals surface area contributed by atoms with E-state index in [4.69, 9.17) is 6.42 Å². The van der Waals surface area contributed by atoms with Gasteiger partial charge in [-0.15, -0.1) is 6.42 Å². The summed E-state index contributed by atoms with van der Waals surface area (Å²) < 4.78 is 0. The van der Waals surface area contributed by atoms with E-state index >= 15 is 0 Å². The van der Waals surface area contributed by atoms with Gasteiger partial charge in [-0.1, -0.05) is 72.7 Å². The molecule has 3 rings (SSSR count). The molecule has 0 amide bonds. The smallest absolute Gasteiger partial charge is 0.0249 e. The van der Waals surface area contributed by atoms with Crippen LogP contribution in [-0.4, -0.2) is 0 Å². The van der Waals surface area contributed by atoms with Crippen molar-refractivity contribution in [3.8, 4) is 34.6 Å². The Labute approximate surface area is 119 Å². The van der Waals surface area contributed by atoms with Crippen molar-refractivity contribution in [1.29, 1.82) is 0 Å². The molecule has 0 heterocycles. The SMILES string of the molecule is C#Cc1ccc(-c2ccccc2)c(-c2ccccc2)c1. The van der Waals surface area contributed by atoms with Crippen molar-refractivity contribution in [3.05, 3.63) is 84.4 Å². The van der Waals surface area contributed by atoms with E-state index in [9.17, 15) is 0 Å². The molecule has 0 aliphatic heterocycles. The molecule has 3 aromatic carbocycles. The van der Waals surface area contributed by atoms with Gasteiger partial charge < -0.3 is 0 Å². The maximum absolute atomic E-state index is 5.54. The van der Waals surface area contributed by atoms with Crippen molar-refractivity contribution >= 4 is 0 Å². The average molecular weight is 254 g/mol. The molecule has 0 unspecified atom stereocenters. The van der Waals surface area contributed by atoms with Crippen LogP contribution >= 0.6 is 0 Å². The highest BCUT2D eigenvalue weighted by Crippen LogP contribution is 2.32. The lowest BCUT2D eigenvalue weighted by Gasteiger charge is -2.11. The molecule has 0 aliphatic carbocycles. The zero-order valence-electron chi connectivity index (χ0n) is 11.1. The lowest BCUT2D eigenvalue weighted by molar-refractivity contribution is 1.56. The van der Waals surface area contributed by atoms with Crippen LogP contribution in [-0.2, 0) is 0 Å². The number of hydrogen-bond donors (Lipinski definition) is 0. The van der Waals surface area contributed by atoms with Crippen LogP contribution in [0.2, 0.25) is 0 Å². The molecule has 0 heteroatoms. The van der Waals surface area contributed by atoms with Crippen LogP contribution in [0.4, 0.5) is 0 Å². The van der Waals surface area contributed by atoms with Crippen molar-refractivity contribution in [2.75, 3.05) is 0 Å². The summed E-state index contributed by atoms with van der Waals surface area (Å²) in [6, 6.07) is 26.9. The Bertz CT molecular complexity index is 747. The van der Waals surface area contributed by atoms with Gasteiger partial charge in [-0.3, -0.25) is 0 Å². The molecule has 0 aliphatic rings. The predicted octanol–water partition coefficient (Wildman–Crippen LogP) is 5.00. The zero-order chi connectivity index (χ0) is 13.8. The summed E-state index contributed by atoms with van der Waals surface area (Å²) in [6.45, 7) is 0. The molecule has 0 N–H and O–H groups in total. The van der Waals surface area contributed by atoms with E-state index < -0.39 is 0 Å². The first kappa shape index (κ1) is 12.3. The molecule has 0 saturated heterocycles. The highest BCUT2D eigenvalue weighted by molar-refractivity contribution is 5.84. The van der Waals surface area contributed by atoms with Crippen LogP contribution in [0, 0.1) is 12.3 Å². The van der Waals surface area contributed by atoms with Gasteiger partial charge in [0.05, 0.1) is 0 Å². The Kier molecular flexibility index (Phi) is 3.35. The van der Waals surface area contributed by atoms with Gasteiger partial charge in [0.15, 0.2) is 0 Å². The largest absolute Gasteiger partial charge is 0.115 e. The van der Waals surface area contributed by atoms with Gasteiger partial charge in [0.1, 0.15) is 0 Å². The van der Waals surface area contributed by atoms with Crippen molar-refractivity contribution in [2.24, 2.45) is 0 Å². The Balaban J connectivity index is 2.23. The first-order valence-corrected chi connectivity index (χ1v) is 6.60. The Morgan fingerprint density at radius 2 is 1.15 bits per heavy atom. The van der Waals surface area contributed by atoms with Gasteiger partial charge in [-0.25, -0.2) is 0 Å². The van der Waals surface area contributed by atoms with Crippen LogP contribution in [0.1, 0.15) is 5.56 Å². The average Bonchev–Trinajstić information content (AvgIpc) is 2.56. The van der Waals surface area contributed by atoms with Crippen molar-refractivity contribution in [2.45, 2.75) is 0 Å². The van der Waals surface area contributed by atoms with Crippen molar-refractivity contribution in [1.82, 2.24) is 0 Å². The topological polar surface area (TPSA) is 0 Å². The summed E-state index contributed by atoms with van der Waals surface area (Å²) >= 11 is 0. The second-order valence-corrected chi connectivity index (χ2v) is 4.64. The van der Waals surface area contributed by atoms with E-state index in [1.54, 1.807) is 0 Å². The van der Waals surface area contributed by atoms with Gasteiger partial charge in [0, 0.05) is 5.56 Å². The van der Waals surface area contributed by atoms with Gasteiger partial charge in [0.25, 0.3) is 0 Å². The van der Waals surface area contributed by atoms with Crippen molar-refractivity contribution in [3.63, 3.8) is 0 Å². The fourth-order valence-corrected chi connectivity index (χ4v) is 2.36. The minimum Gasteiger partial charge on any atom is -0.115 e. The minimum atomic E-state index is 0.906. The summed E-state index contributed by atoms with van der Waals surface area (Å²) in [5.74, 6) is 2.72. The first-order chi connectivity index (χ1) is 9.88. The van der Waals surface area contributed by atoms with E-state index in [1.807, 2.05) is 30.3 Å². The lowest BCUT2D eigenvalue weighted by atomic mass is 9.93. The molecule has 3 aromatic rings. The van der Waals surface area contributed by atoms with Crippen LogP contribution in [0.15, 0.2) is 78.9 Å². The molecule has 0 atom stereocenters. The summed E-state index contributed by atoms with van der Waals surface area (Å²) in [5, 5.41) is 0. The van der Waals surface area contributed by atoms with Crippen LogP contribution in [0.25, 0.3) is 22.3 Å². The zero-order valence-corrected chi connectivity index (χ0v) is 11.1. The third-order valence-corrected chi connectivity index (χ3v) is 3.36. The van der Waals surface area contributed by atoms with Crippen LogP contribution in [0.5, 0.6) is 0 Å². The minimum absolute atomic E-state index is 0.906. The second-order valence-electron chi connectivity index (χ2n) is 4.64. The number of rotatable bonds is 2. The predicted molar refractivity (Wildman–Crippen MR) is 85.2 cm³/mol. The van der Waals surface area contributed by atoms with Crippen LogP contribution in [0.3, 0.4) is 0 Å². The Hall–Kier alpha value is -2.78. The van der Waals surface area contributed by atoms with Gasteiger partial charge in [-0.2, -0.15) is 0 Å². The molecule has 0 nitrogen and oxygen atoms in total. The van der Waals surface area contributed by atoms with Gasteiger partial charge in [-0.05, 0) is 34.4 Å². The molecule has 0 aromatic heterocycles. The van der Waals surface area contributed by atoms with E-state index in [2.05, 4.69) is 54.5 Å². The van der Waals surface area contributed by atoms with E-state index in [1.165, 1.54) is 22.3 Å². The third kappa shape index (κ3) is 2.35. The quantitative estimate of drug-likeness (QED) is 0.564. The van der Waals surface area contributed by atoms with E-state index in [0.717, 1.165) is 5.56 Å². The third-order valence-electron chi connectivity index (χ3n) is 3.36. The summed E-state index contributed by atoms with van der Waals surface area (Å²) in [5.41, 5.74) is 5.67. The monoisotopic (exact) mass is 254 g/mol. The standard InChI is InChI=1S/C20H14/c1-2-16-13-14-19(17-9-5-3-6-10-17)20(15-16)18-11-7-4-8-12-18/h1,3-15H. The molecule has 94 valence electrons. The summed E-state index contributed by atoms with van der Waals surface area (Å²) in [4.78, 5) is 0. The Morgan fingerprint density at radius 3 is 1.70 bits per heavy atom. The Morgan fingerprint density at radius 1 is 0.600 bits per heavy atom. The van der Waals surface area contributed by atoms with E-state index in [0.29, 0.717) is 0 Å². The van der Waals surface area contributed by atoms with Gasteiger partial charge in [0.2, 0.25) is 0 Å². The second kappa shape index (κ2) is 5.47. The van der Waals surface area contributed by atoms with Crippen molar-refractivity contribution < 1.29 is 0 Å². The molecule has 0 radical (unpaired) electrons. The normalized spacial score (nSPS) is 9.95. The number of hydrogen-bond acceptors (Lipinski definition) is 0. The van der Waals surface area contributed by atoms with E-state index in [-0.39, 0.29) is 0 Å². The fraction of sp³-hybridized carbons (Fsp3) is 0. The highest BCUT2D eigenvalue weighted by Gasteiger charge is 2.07. The molecule has 0 saturated carbocycles. The maximum atomic E-state index is 5.54. The fourth-order valence-electron chi connectivity index (χ4n) is 2.36. The number of terminal acetylenes is 1. The lowest BCUT2D eigenvalue weighted by Crippen LogP contribution is -1.87. The molecule has 0 fully saturated rings. The molecular weight excluding hydrogens is 240 g/mol. The molecule has 0 bridgehead atoms. The molecule has 20 heavy (non-hydrogen) atoms. The molecule has 0 spiro atoms. The first-order valence-electron chi connectivity index (χ1n) is 6.60. The van der Waals surface area contributed by atoms with Gasteiger partial charge >= 0.3 is 0 Å². The maximum Gasteiger partial charge on any atom is 0.0249 e. The summed E-state index contributed by atoms with van der Waals surface area (Å²) in [7, 11) is 0.